The standard InChI is InChI=1S/C30H35NO4/c1-4-14-30(35)15-13-26-24-11-7-20-16-22(32)10-12-23(20)28(24)25(17-29(26,30)2)19-5-8-21(9-6-19)31(3)18-27(33)34/h5-6,8-9,16,24-26,35H,7,10-13,15,17-18H2,1-3H3,(H,33,34)/t24-,25+,26-,29-,30-/m0/s1. The zero-order chi connectivity index (χ0) is 25.0. The first-order valence-electron chi connectivity index (χ1n) is 12.8. The molecule has 0 radical (unpaired) electrons. The van der Waals surface area contributed by atoms with Gasteiger partial charge >= 0.3 is 5.97 Å². The van der Waals surface area contributed by atoms with Crippen molar-refractivity contribution in [3.05, 3.63) is 52.6 Å². The number of benzene rings is 1. The number of hydrogen-bond donors (Lipinski definition) is 2. The summed E-state index contributed by atoms with van der Waals surface area (Å²) in [6, 6.07) is 8.25. The third kappa shape index (κ3) is 3.83. The summed E-state index contributed by atoms with van der Waals surface area (Å²) in [7, 11) is 1.79. The van der Waals surface area contributed by atoms with Crippen LogP contribution in [0.2, 0.25) is 0 Å². The van der Waals surface area contributed by atoms with Gasteiger partial charge in [0.15, 0.2) is 5.78 Å². The van der Waals surface area contributed by atoms with E-state index in [0.717, 1.165) is 37.8 Å². The fourth-order valence-electron chi connectivity index (χ4n) is 7.63. The highest BCUT2D eigenvalue weighted by Gasteiger charge is 2.62. The van der Waals surface area contributed by atoms with E-state index in [4.69, 9.17) is 5.11 Å². The Morgan fingerprint density at radius 1 is 1.17 bits per heavy atom. The van der Waals surface area contributed by atoms with Gasteiger partial charge in [0.2, 0.25) is 0 Å². The average molecular weight is 474 g/mol. The molecule has 4 aliphatic rings. The van der Waals surface area contributed by atoms with Gasteiger partial charge in [0.05, 0.1) is 0 Å². The Morgan fingerprint density at radius 3 is 2.60 bits per heavy atom. The highest BCUT2D eigenvalue weighted by atomic mass is 16.4. The second kappa shape index (κ2) is 8.68. The first-order chi connectivity index (χ1) is 16.7. The zero-order valence-electron chi connectivity index (χ0n) is 20.9. The number of fused-ring (bicyclic) bond motifs is 4. The number of aliphatic hydroxyl groups is 1. The third-order valence-electron chi connectivity index (χ3n) is 9.33. The molecule has 1 aromatic carbocycles. The van der Waals surface area contributed by atoms with E-state index in [1.54, 1.807) is 11.9 Å². The molecular weight excluding hydrogens is 438 g/mol. The van der Waals surface area contributed by atoms with Crippen LogP contribution in [0.25, 0.3) is 0 Å². The first kappa shape index (κ1) is 23.9. The fraction of sp³-hybridized carbons (Fsp3) is 0.533. The molecule has 0 bridgehead atoms. The number of carbonyl (C=O) groups excluding carboxylic acids is 1. The highest BCUT2D eigenvalue weighted by molar-refractivity contribution is 5.93. The number of carboxylic acids is 1. The minimum Gasteiger partial charge on any atom is -0.480 e. The Kier molecular flexibility index (Phi) is 5.92. The lowest BCUT2D eigenvalue weighted by molar-refractivity contribution is -0.135. The Morgan fingerprint density at radius 2 is 1.91 bits per heavy atom. The molecule has 0 aromatic heterocycles. The van der Waals surface area contributed by atoms with Gasteiger partial charge in [-0.3, -0.25) is 9.59 Å². The predicted octanol–water partition coefficient (Wildman–Crippen LogP) is 4.86. The molecule has 5 atom stereocenters. The van der Waals surface area contributed by atoms with Gasteiger partial charge in [0.25, 0.3) is 0 Å². The number of hydrogen-bond acceptors (Lipinski definition) is 4. The van der Waals surface area contributed by atoms with E-state index in [-0.39, 0.29) is 23.7 Å². The Bertz CT molecular complexity index is 1180. The molecule has 0 amide bonds. The van der Waals surface area contributed by atoms with Crippen LogP contribution in [0.4, 0.5) is 5.69 Å². The SMILES string of the molecule is CC#C[C@]1(O)CC[C@H]2[C@@H]3CCC4=CC(=O)CCC4=C3[C@@H](c3ccc(N(C)CC(=O)O)cc3)C[C@@]21C. The molecule has 0 heterocycles. The van der Waals surface area contributed by atoms with E-state index in [1.807, 2.05) is 25.1 Å². The first-order valence-corrected chi connectivity index (χ1v) is 12.8. The summed E-state index contributed by atoms with van der Waals surface area (Å²) in [5.74, 6) is 6.51. The Hall–Kier alpha value is -2.84. The maximum atomic E-state index is 12.2. The van der Waals surface area contributed by atoms with E-state index in [0.29, 0.717) is 24.7 Å². The Balaban J connectivity index is 1.61. The largest absolute Gasteiger partial charge is 0.480 e. The molecule has 0 saturated heterocycles. The van der Waals surface area contributed by atoms with Crippen molar-refractivity contribution in [1.29, 1.82) is 0 Å². The van der Waals surface area contributed by atoms with Crippen molar-refractivity contribution in [2.75, 3.05) is 18.5 Å². The Labute approximate surface area is 207 Å². The van der Waals surface area contributed by atoms with Crippen LogP contribution in [-0.2, 0) is 9.59 Å². The molecule has 184 valence electrons. The molecule has 0 aliphatic heterocycles. The summed E-state index contributed by atoms with van der Waals surface area (Å²) < 4.78 is 0. The van der Waals surface area contributed by atoms with Crippen LogP contribution in [-0.4, -0.2) is 41.2 Å². The van der Waals surface area contributed by atoms with Gasteiger partial charge in [-0.25, -0.2) is 0 Å². The highest BCUT2D eigenvalue weighted by Crippen LogP contribution is 2.66. The van der Waals surface area contributed by atoms with Gasteiger partial charge < -0.3 is 15.1 Å². The zero-order valence-corrected chi connectivity index (χ0v) is 20.9. The van der Waals surface area contributed by atoms with Crippen molar-refractivity contribution in [1.82, 2.24) is 0 Å². The van der Waals surface area contributed by atoms with Crippen LogP contribution in [0, 0.1) is 29.1 Å². The summed E-state index contributed by atoms with van der Waals surface area (Å²) in [6.07, 6.45) is 7.74. The topological polar surface area (TPSA) is 77.8 Å². The van der Waals surface area contributed by atoms with Gasteiger partial charge in [0.1, 0.15) is 12.1 Å². The van der Waals surface area contributed by atoms with Crippen molar-refractivity contribution >= 4 is 17.4 Å². The molecule has 4 aliphatic carbocycles. The maximum Gasteiger partial charge on any atom is 0.323 e. The summed E-state index contributed by atoms with van der Waals surface area (Å²) in [5.41, 5.74) is 4.87. The van der Waals surface area contributed by atoms with Gasteiger partial charge in [-0.15, -0.1) is 5.92 Å². The molecular formula is C30H35NO4. The minimum absolute atomic E-state index is 0.0508. The van der Waals surface area contributed by atoms with Gasteiger partial charge in [-0.1, -0.05) is 30.6 Å². The lowest BCUT2D eigenvalue weighted by atomic mass is 9.51. The van der Waals surface area contributed by atoms with Crippen molar-refractivity contribution in [2.45, 2.75) is 70.3 Å². The van der Waals surface area contributed by atoms with Crippen molar-refractivity contribution in [3.8, 4) is 11.8 Å². The van der Waals surface area contributed by atoms with Crippen molar-refractivity contribution < 1.29 is 19.8 Å². The second-order valence-electron chi connectivity index (χ2n) is 11.1. The molecule has 2 fully saturated rings. The third-order valence-corrected chi connectivity index (χ3v) is 9.33. The van der Waals surface area contributed by atoms with Crippen LogP contribution >= 0.6 is 0 Å². The van der Waals surface area contributed by atoms with E-state index in [1.165, 1.54) is 22.3 Å². The summed E-state index contributed by atoms with van der Waals surface area (Å²) >= 11 is 0. The molecule has 2 N–H and O–H groups in total. The van der Waals surface area contributed by atoms with Gasteiger partial charge in [-0.05, 0) is 92.2 Å². The molecule has 1 aromatic rings. The van der Waals surface area contributed by atoms with Crippen LogP contribution in [0.3, 0.4) is 0 Å². The summed E-state index contributed by atoms with van der Waals surface area (Å²) in [6.45, 7) is 4.00. The lowest BCUT2D eigenvalue weighted by Crippen LogP contribution is -2.51. The summed E-state index contributed by atoms with van der Waals surface area (Å²) in [4.78, 5) is 25.1. The van der Waals surface area contributed by atoms with Crippen molar-refractivity contribution in [2.24, 2.45) is 17.3 Å². The number of aliphatic carboxylic acids is 1. The average Bonchev–Trinajstić information content (AvgIpc) is 3.08. The quantitative estimate of drug-likeness (QED) is 0.611. The number of ketones is 1. The molecule has 5 rings (SSSR count). The molecule has 5 nitrogen and oxygen atoms in total. The minimum atomic E-state index is -0.985. The summed E-state index contributed by atoms with van der Waals surface area (Å²) in [5, 5.41) is 20.9. The van der Waals surface area contributed by atoms with Crippen LogP contribution in [0.1, 0.15) is 70.3 Å². The lowest BCUT2D eigenvalue weighted by Gasteiger charge is -2.53. The molecule has 35 heavy (non-hydrogen) atoms. The molecule has 2 saturated carbocycles. The molecule has 0 unspecified atom stereocenters. The fourth-order valence-corrected chi connectivity index (χ4v) is 7.63. The van der Waals surface area contributed by atoms with Crippen molar-refractivity contribution in [3.63, 3.8) is 0 Å². The van der Waals surface area contributed by atoms with Crippen LogP contribution in [0.15, 0.2) is 47.1 Å². The monoisotopic (exact) mass is 473 g/mol. The van der Waals surface area contributed by atoms with Crippen LogP contribution < -0.4 is 4.90 Å². The molecule has 5 heteroatoms. The van der Waals surface area contributed by atoms with Gasteiger partial charge in [-0.2, -0.15) is 0 Å². The van der Waals surface area contributed by atoms with E-state index >= 15 is 0 Å². The second-order valence-corrected chi connectivity index (χ2v) is 11.1. The van der Waals surface area contributed by atoms with Crippen LogP contribution in [0.5, 0.6) is 0 Å². The number of allylic oxidation sites excluding steroid dienone is 4. The van der Waals surface area contributed by atoms with Gasteiger partial charge in [0, 0.05) is 30.5 Å². The maximum absolute atomic E-state index is 12.2. The predicted molar refractivity (Wildman–Crippen MR) is 136 cm³/mol. The number of anilines is 1. The van der Waals surface area contributed by atoms with E-state index in [9.17, 15) is 14.7 Å². The number of likely N-dealkylation sites (N-methyl/N-ethyl adjacent to an activating group) is 1. The normalized spacial score (nSPS) is 33.7. The van der Waals surface area contributed by atoms with E-state index in [2.05, 4.69) is 30.9 Å². The number of carboxylic acid groups (broad SMARTS) is 1. The number of nitrogens with zero attached hydrogens (tertiary/aromatic N) is 1. The number of carbonyl (C=O) groups is 2. The van der Waals surface area contributed by atoms with E-state index < -0.39 is 11.6 Å². The molecule has 0 spiro atoms. The smallest absolute Gasteiger partial charge is 0.323 e. The number of rotatable bonds is 4.